The number of hydrogen-bond acceptors (Lipinski definition) is 2. The number of methoxy groups -OCH3 is 1. The third-order valence-electron chi connectivity index (χ3n) is 2.67. The summed E-state index contributed by atoms with van der Waals surface area (Å²) in [4.78, 5) is 0. The SMILES string of the molecule is COc1ccc(F)cc1C(O)c1ccc(Br)cc1. The lowest BCUT2D eigenvalue weighted by Crippen LogP contribution is -2.03. The summed E-state index contributed by atoms with van der Waals surface area (Å²) >= 11 is 3.32. The molecule has 2 aromatic carbocycles. The molecule has 0 aliphatic rings. The van der Waals surface area contributed by atoms with E-state index in [0.29, 0.717) is 16.9 Å². The van der Waals surface area contributed by atoms with E-state index in [2.05, 4.69) is 15.9 Å². The van der Waals surface area contributed by atoms with Gasteiger partial charge in [-0.2, -0.15) is 0 Å². The second kappa shape index (κ2) is 5.50. The highest BCUT2D eigenvalue weighted by Crippen LogP contribution is 2.31. The molecule has 0 aliphatic carbocycles. The molecule has 2 aromatic rings. The second-order valence-electron chi connectivity index (χ2n) is 3.84. The van der Waals surface area contributed by atoms with E-state index in [4.69, 9.17) is 4.74 Å². The highest BCUT2D eigenvalue weighted by Gasteiger charge is 2.16. The Morgan fingerprint density at radius 1 is 1.17 bits per heavy atom. The van der Waals surface area contributed by atoms with Crippen molar-refractivity contribution in [1.29, 1.82) is 0 Å². The molecule has 2 rings (SSSR count). The minimum absolute atomic E-state index is 0.401. The number of rotatable bonds is 3. The van der Waals surface area contributed by atoms with E-state index in [0.717, 1.165) is 4.47 Å². The maximum absolute atomic E-state index is 13.2. The molecule has 0 bridgehead atoms. The molecule has 1 unspecified atom stereocenters. The average Bonchev–Trinajstić information content (AvgIpc) is 2.39. The van der Waals surface area contributed by atoms with Crippen LogP contribution >= 0.6 is 15.9 Å². The predicted octanol–water partition coefficient (Wildman–Crippen LogP) is 3.68. The maximum Gasteiger partial charge on any atom is 0.125 e. The second-order valence-corrected chi connectivity index (χ2v) is 4.76. The molecular formula is C14H12BrFO2. The fraction of sp³-hybridized carbons (Fsp3) is 0.143. The number of halogens is 2. The predicted molar refractivity (Wildman–Crippen MR) is 71.2 cm³/mol. The van der Waals surface area contributed by atoms with Crippen LogP contribution in [0.2, 0.25) is 0 Å². The molecule has 0 spiro atoms. The van der Waals surface area contributed by atoms with Gasteiger partial charge in [0.25, 0.3) is 0 Å². The Kier molecular flexibility index (Phi) is 3.99. The van der Waals surface area contributed by atoms with Crippen molar-refractivity contribution in [2.24, 2.45) is 0 Å². The van der Waals surface area contributed by atoms with Crippen molar-refractivity contribution in [3.05, 3.63) is 63.9 Å². The van der Waals surface area contributed by atoms with E-state index in [1.54, 1.807) is 12.1 Å². The molecule has 1 atom stereocenters. The van der Waals surface area contributed by atoms with E-state index in [9.17, 15) is 9.50 Å². The topological polar surface area (TPSA) is 29.5 Å². The molecule has 2 nitrogen and oxygen atoms in total. The first-order valence-corrected chi connectivity index (χ1v) is 6.18. The van der Waals surface area contributed by atoms with Crippen LogP contribution in [0.25, 0.3) is 0 Å². The standard InChI is InChI=1S/C14H12BrFO2/c1-18-13-7-6-11(16)8-12(13)14(17)9-2-4-10(15)5-3-9/h2-8,14,17H,1H3. The van der Waals surface area contributed by atoms with Gasteiger partial charge in [0.15, 0.2) is 0 Å². The van der Waals surface area contributed by atoms with Gasteiger partial charge in [-0.15, -0.1) is 0 Å². The minimum atomic E-state index is -0.913. The molecule has 0 amide bonds. The smallest absolute Gasteiger partial charge is 0.125 e. The largest absolute Gasteiger partial charge is 0.496 e. The summed E-state index contributed by atoms with van der Waals surface area (Å²) in [7, 11) is 1.49. The Bertz CT molecular complexity index is 540. The molecule has 1 N–H and O–H groups in total. The Hall–Kier alpha value is -1.39. The summed E-state index contributed by atoms with van der Waals surface area (Å²) in [5.74, 6) is 0.0637. The summed E-state index contributed by atoms with van der Waals surface area (Å²) in [6.45, 7) is 0. The van der Waals surface area contributed by atoms with Gasteiger partial charge in [0, 0.05) is 10.0 Å². The first kappa shape index (κ1) is 13.1. The van der Waals surface area contributed by atoms with Gasteiger partial charge < -0.3 is 9.84 Å². The van der Waals surface area contributed by atoms with E-state index < -0.39 is 11.9 Å². The van der Waals surface area contributed by atoms with E-state index in [-0.39, 0.29) is 0 Å². The highest BCUT2D eigenvalue weighted by atomic mass is 79.9. The Morgan fingerprint density at radius 2 is 1.83 bits per heavy atom. The van der Waals surface area contributed by atoms with Crippen molar-refractivity contribution in [3.8, 4) is 5.75 Å². The zero-order valence-corrected chi connectivity index (χ0v) is 11.3. The van der Waals surface area contributed by atoms with Gasteiger partial charge in [-0.3, -0.25) is 0 Å². The molecule has 0 aliphatic heterocycles. The minimum Gasteiger partial charge on any atom is -0.496 e. The molecule has 0 saturated carbocycles. The maximum atomic E-state index is 13.2. The molecule has 0 heterocycles. The Balaban J connectivity index is 2.41. The zero-order valence-electron chi connectivity index (χ0n) is 9.73. The Labute approximate surface area is 113 Å². The van der Waals surface area contributed by atoms with Crippen molar-refractivity contribution in [1.82, 2.24) is 0 Å². The van der Waals surface area contributed by atoms with E-state index >= 15 is 0 Å². The third-order valence-corrected chi connectivity index (χ3v) is 3.20. The number of hydrogen-bond donors (Lipinski definition) is 1. The van der Waals surface area contributed by atoms with Crippen LogP contribution in [-0.4, -0.2) is 12.2 Å². The van der Waals surface area contributed by atoms with Crippen LogP contribution in [0.4, 0.5) is 4.39 Å². The first-order valence-electron chi connectivity index (χ1n) is 5.39. The fourth-order valence-electron chi connectivity index (χ4n) is 1.74. The van der Waals surface area contributed by atoms with Crippen LogP contribution in [0.15, 0.2) is 46.9 Å². The van der Waals surface area contributed by atoms with Crippen molar-refractivity contribution in [3.63, 3.8) is 0 Å². The molecule has 0 aromatic heterocycles. The monoisotopic (exact) mass is 310 g/mol. The lowest BCUT2D eigenvalue weighted by Gasteiger charge is -2.15. The molecule has 4 heteroatoms. The fourth-order valence-corrected chi connectivity index (χ4v) is 2.01. The highest BCUT2D eigenvalue weighted by molar-refractivity contribution is 9.10. The van der Waals surface area contributed by atoms with Crippen molar-refractivity contribution in [2.45, 2.75) is 6.10 Å². The molecule has 0 saturated heterocycles. The summed E-state index contributed by atoms with van der Waals surface area (Å²) in [6, 6.07) is 11.3. The summed E-state index contributed by atoms with van der Waals surface area (Å²) in [6.07, 6.45) is -0.913. The molecule has 18 heavy (non-hydrogen) atoms. The molecule has 0 radical (unpaired) electrons. The lowest BCUT2D eigenvalue weighted by molar-refractivity contribution is 0.214. The molecule has 94 valence electrons. The molecule has 0 fully saturated rings. The van der Waals surface area contributed by atoms with Gasteiger partial charge >= 0.3 is 0 Å². The van der Waals surface area contributed by atoms with Crippen LogP contribution in [0.3, 0.4) is 0 Å². The summed E-state index contributed by atoms with van der Waals surface area (Å²) in [5.41, 5.74) is 1.10. The van der Waals surface area contributed by atoms with Crippen LogP contribution in [-0.2, 0) is 0 Å². The zero-order chi connectivity index (χ0) is 13.1. The lowest BCUT2D eigenvalue weighted by atomic mass is 10.0. The third kappa shape index (κ3) is 2.71. The molecular weight excluding hydrogens is 299 g/mol. The quantitative estimate of drug-likeness (QED) is 0.937. The van der Waals surface area contributed by atoms with Gasteiger partial charge in [-0.05, 0) is 35.9 Å². The van der Waals surface area contributed by atoms with Gasteiger partial charge in [0.05, 0.1) is 7.11 Å². The van der Waals surface area contributed by atoms with Gasteiger partial charge in [0.2, 0.25) is 0 Å². The van der Waals surface area contributed by atoms with Crippen LogP contribution in [0.5, 0.6) is 5.75 Å². The van der Waals surface area contributed by atoms with E-state index in [1.807, 2.05) is 12.1 Å². The normalized spacial score (nSPS) is 12.2. The van der Waals surface area contributed by atoms with Crippen molar-refractivity contribution >= 4 is 15.9 Å². The van der Waals surface area contributed by atoms with Crippen LogP contribution in [0.1, 0.15) is 17.2 Å². The van der Waals surface area contributed by atoms with Crippen molar-refractivity contribution in [2.75, 3.05) is 7.11 Å². The average molecular weight is 311 g/mol. The number of aliphatic hydroxyl groups is 1. The van der Waals surface area contributed by atoms with E-state index in [1.165, 1.54) is 25.3 Å². The van der Waals surface area contributed by atoms with Gasteiger partial charge in [0.1, 0.15) is 17.7 Å². The van der Waals surface area contributed by atoms with Gasteiger partial charge in [-0.25, -0.2) is 4.39 Å². The van der Waals surface area contributed by atoms with Gasteiger partial charge in [-0.1, -0.05) is 28.1 Å². The van der Waals surface area contributed by atoms with Crippen molar-refractivity contribution < 1.29 is 14.2 Å². The van der Waals surface area contributed by atoms with Crippen LogP contribution in [0, 0.1) is 5.82 Å². The number of ether oxygens (including phenoxy) is 1. The van der Waals surface area contributed by atoms with Crippen LogP contribution < -0.4 is 4.74 Å². The number of benzene rings is 2. The first-order chi connectivity index (χ1) is 8.61. The Morgan fingerprint density at radius 3 is 2.44 bits per heavy atom. The summed E-state index contributed by atoms with van der Waals surface area (Å²) in [5, 5.41) is 10.3. The number of aliphatic hydroxyl groups excluding tert-OH is 1. The summed E-state index contributed by atoms with van der Waals surface area (Å²) < 4.78 is 19.3.